The molecule has 1 N–H and O–H groups in total. The molecular formula is C20H24ClN5O. The van der Waals surface area contributed by atoms with Gasteiger partial charge in [0, 0.05) is 11.6 Å². The Balaban J connectivity index is 1.75. The SMILES string of the molecule is CCn1c(N[C@H](C)c2ccc(Cl)cc2)nc2c(cnn2C2CCCC2)c1=O. The molecule has 0 unspecified atom stereocenters. The Morgan fingerprint density at radius 1 is 1.26 bits per heavy atom. The van der Waals surface area contributed by atoms with Gasteiger partial charge in [-0.15, -0.1) is 0 Å². The van der Waals surface area contributed by atoms with E-state index < -0.39 is 0 Å². The predicted molar refractivity (Wildman–Crippen MR) is 108 cm³/mol. The summed E-state index contributed by atoms with van der Waals surface area (Å²) in [6.45, 7) is 4.55. The van der Waals surface area contributed by atoms with E-state index in [0.717, 1.165) is 18.4 Å². The number of nitrogens with one attached hydrogen (secondary N) is 1. The van der Waals surface area contributed by atoms with Crippen molar-refractivity contribution < 1.29 is 0 Å². The van der Waals surface area contributed by atoms with Gasteiger partial charge in [-0.1, -0.05) is 36.6 Å². The molecule has 1 fully saturated rings. The smallest absolute Gasteiger partial charge is 0.266 e. The molecule has 0 spiro atoms. The van der Waals surface area contributed by atoms with Crippen LogP contribution in [0.1, 0.15) is 57.2 Å². The van der Waals surface area contributed by atoms with Gasteiger partial charge in [0.15, 0.2) is 5.65 Å². The molecule has 1 atom stereocenters. The van der Waals surface area contributed by atoms with E-state index in [1.54, 1.807) is 10.8 Å². The van der Waals surface area contributed by atoms with E-state index in [2.05, 4.69) is 10.4 Å². The molecule has 0 amide bonds. The second kappa shape index (κ2) is 7.35. The summed E-state index contributed by atoms with van der Waals surface area (Å²) in [6, 6.07) is 8.04. The molecular weight excluding hydrogens is 362 g/mol. The average Bonchev–Trinajstić information content (AvgIpc) is 3.32. The molecule has 6 nitrogen and oxygen atoms in total. The summed E-state index contributed by atoms with van der Waals surface area (Å²) in [7, 11) is 0. The van der Waals surface area contributed by atoms with Gasteiger partial charge in [-0.05, 0) is 44.4 Å². The molecule has 2 heterocycles. The number of hydrogen-bond donors (Lipinski definition) is 1. The summed E-state index contributed by atoms with van der Waals surface area (Å²) in [4.78, 5) is 17.8. The number of nitrogens with zero attached hydrogens (tertiary/aromatic N) is 4. The van der Waals surface area contributed by atoms with Crippen molar-refractivity contribution in [3.05, 3.63) is 51.4 Å². The minimum Gasteiger partial charge on any atom is -0.349 e. The Bertz CT molecular complexity index is 1000. The number of halogens is 1. The van der Waals surface area contributed by atoms with E-state index in [1.807, 2.05) is 42.8 Å². The fraction of sp³-hybridized carbons (Fsp3) is 0.450. The van der Waals surface area contributed by atoms with E-state index in [1.165, 1.54) is 12.8 Å². The Labute approximate surface area is 163 Å². The van der Waals surface area contributed by atoms with Crippen LogP contribution in [0.15, 0.2) is 35.3 Å². The minimum atomic E-state index is -0.0439. The first-order valence-electron chi connectivity index (χ1n) is 9.58. The fourth-order valence-electron chi connectivity index (χ4n) is 3.87. The fourth-order valence-corrected chi connectivity index (χ4v) is 3.99. The number of benzene rings is 1. The Kier molecular flexibility index (Phi) is 4.91. The third kappa shape index (κ3) is 3.34. The Morgan fingerprint density at radius 3 is 2.63 bits per heavy atom. The van der Waals surface area contributed by atoms with Crippen LogP contribution in [0.3, 0.4) is 0 Å². The van der Waals surface area contributed by atoms with Crippen LogP contribution in [0.5, 0.6) is 0 Å². The third-order valence-electron chi connectivity index (χ3n) is 5.41. The maximum atomic E-state index is 13.0. The van der Waals surface area contributed by atoms with E-state index >= 15 is 0 Å². The maximum absolute atomic E-state index is 13.0. The van der Waals surface area contributed by atoms with Gasteiger partial charge >= 0.3 is 0 Å². The predicted octanol–water partition coefficient (Wildman–Crippen LogP) is 4.55. The van der Waals surface area contributed by atoms with Crippen molar-refractivity contribution in [2.75, 3.05) is 5.32 Å². The zero-order valence-corrected chi connectivity index (χ0v) is 16.4. The number of anilines is 1. The van der Waals surface area contributed by atoms with Crippen molar-refractivity contribution in [1.29, 1.82) is 0 Å². The molecule has 3 aromatic rings. The highest BCUT2D eigenvalue weighted by Gasteiger charge is 2.23. The standard InChI is InChI=1S/C20H24ClN5O/c1-3-25-19(27)17-12-22-26(16-6-4-5-7-16)18(17)24-20(25)23-13(2)14-8-10-15(21)11-9-14/h8-13,16H,3-7H2,1-2H3,(H,23,24)/t13-/m1/s1. The van der Waals surface area contributed by atoms with Crippen LogP contribution in [0.2, 0.25) is 5.02 Å². The van der Waals surface area contributed by atoms with E-state index in [0.29, 0.717) is 34.6 Å². The van der Waals surface area contributed by atoms with Crippen molar-refractivity contribution in [2.24, 2.45) is 0 Å². The highest BCUT2D eigenvalue weighted by Crippen LogP contribution is 2.31. The number of hydrogen-bond acceptors (Lipinski definition) is 4. The molecule has 142 valence electrons. The second-order valence-corrected chi connectivity index (χ2v) is 7.60. The zero-order chi connectivity index (χ0) is 19.0. The molecule has 1 saturated carbocycles. The molecule has 0 bridgehead atoms. The number of fused-ring (bicyclic) bond motifs is 1. The average molecular weight is 386 g/mol. The zero-order valence-electron chi connectivity index (χ0n) is 15.7. The van der Waals surface area contributed by atoms with Crippen LogP contribution < -0.4 is 10.9 Å². The first kappa shape index (κ1) is 18.0. The largest absolute Gasteiger partial charge is 0.349 e. The summed E-state index contributed by atoms with van der Waals surface area (Å²) >= 11 is 5.99. The molecule has 27 heavy (non-hydrogen) atoms. The van der Waals surface area contributed by atoms with Gasteiger partial charge in [-0.3, -0.25) is 9.36 Å². The van der Waals surface area contributed by atoms with Crippen LogP contribution in [0.4, 0.5) is 5.95 Å². The minimum absolute atomic E-state index is 0.00716. The van der Waals surface area contributed by atoms with Crippen LogP contribution in [0, 0.1) is 0 Å². The highest BCUT2D eigenvalue weighted by atomic mass is 35.5. The lowest BCUT2D eigenvalue weighted by Crippen LogP contribution is -2.25. The second-order valence-electron chi connectivity index (χ2n) is 7.17. The molecule has 1 aliphatic carbocycles. The molecule has 0 saturated heterocycles. The van der Waals surface area contributed by atoms with Crippen LogP contribution in [-0.4, -0.2) is 19.3 Å². The molecule has 0 aliphatic heterocycles. The van der Waals surface area contributed by atoms with Gasteiger partial charge in [-0.25, -0.2) is 4.68 Å². The van der Waals surface area contributed by atoms with Crippen molar-refractivity contribution in [3.63, 3.8) is 0 Å². The van der Waals surface area contributed by atoms with Gasteiger partial charge in [0.1, 0.15) is 5.39 Å². The normalized spacial score (nSPS) is 16.1. The highest BCUT2D eigenvalue weighted by molar-refractivity contribution is 6.30. The summed E-state index contributed by atoms with van der Waals surface area (Å²) in [5, 5.41) is 9.20. The monoisotopic (exact) mass is 385 g/mol. The topological polar surface area (TPSA) is 64.7 Å². The van der Waals surface area contributed by atoms with Crippen molar-refractivity contribution in [1.82, 2.24) is 19.3 Å². The lowest BCUT2D eigenvalue weighted by atomic mass is 10.1. The van der Waals surface area contributed by atoms with E-state index in [9.17, 15) is 4.79 Å². The molecule has 2 aromatic heterocycles. The molecule has 1 aromatic carbocycles. The molecule has 0 radical (unpaired) electrons. The lowest BCUT2D eigenvalue weighted by molar-refractivity contribution is 0.478. The van der Waals surface area contributed by atoms with Gasteiger partial charge in [0.05, 0.1) is 18.3 Å². The van der Waals surface area contributed by atoms with Crippen LogP contribution >= 0.6 is 11.6 Å². The number of rotatable bonds is 5. The summed E-state index contributed by atoms with van der Waals surface area (Å²) in [5.74, 6) is 0.581. The Morgan fingerprint density at radius 2 is 1.96 bits per heavy atom. The van der Waals surface area contributed by atoms with Gasteiger partial charge in [0.25, 0.3) is 5.56 Å². The Hall–Kier alpha value is -2.34. The van der Waals surface area contributed by atoms with Crippen LogP contribution in [0.25, 0.3) is 11.0 Å². The van der Waals surface area contributed by atoms with E-state index in [4.69, 9.17) is 16.6 Å². The van der Waals surface area contributed by atoms with Crippen molar-refractivity contribution in [3.8, 4) is 0 Å². The first-order valence-corrected chi connectivity index (χ1v) is 9.96. The van der Waals surface area contributed by atoms with Gasteiger partial charge in [0.2, 0.25) is 5.95 Å². The maximum Gasteiger partial charge on any atom is 0.266 e. The lowest BCUT2D eigenvalue weighted by Gasteiger charge is -2.19. The van der Waals surface area contributed by atoms with Crippen molar-refractivity contribution >= 4 is 28.6 Å². The van der Waals surface area contributed by atoms with Gasteiger partial charge < -0.3 is 5.32 Å². The quantitative estimate of drug-likeness (QED) is 0.699. The van der Waals surface area contributed by atoms with Crippen molar-refractivity contribution in [2.45, 2.75) is 58.2 Å². The van der Waals surface area contributed by atoms with Crippen LogP contribution in [-0.2, 0) is 6.54 Å². The first-order chi connectivity index (χ1) is 13.1. The van der Waals surface area contributed by atoms with Gasteiger partial charge in [-0.2, -0.15) is 10.1 Å². The molecule has 4 rings (SSSR count). The summed E-state index contributed by atoms with van der Waals surface area (Å²) < 4.78 is 3.62. The third-order valence-corrected chi connectivity index (χ3v) is 5.67. The summed E-state index contributed by atoms with van der Waals surface area (Å²) in [6.07, 6.45) is 6.27. The molecule has 1 aliphatic rings. The summed E-state index contributed by atoms with van der Waals surface area (Å²) in [5.41, 5.74) is 1.72. The molecule has 7 heteroatoms. The number of aromatic nitrogens is 4. The van der Waals surface area contributed by atoms with E-state index in [-0.39, 0.29) is 11.6 Å².